The van der Waals surface area contributed by atoms with Crippen molar-refractivity contribution in [3.63, 3.8) is 0 Å². The third-order valence-electron chi connectivity index (χ3n) is 15.6. The molecule has 0 bridgehead atoms. The van der Waals surface area contributed by atoms with Gasteiger partial charge in [-0.2, -0.15) is 13.2 Å². The van der Waals surface area contributed by atoms with Crippen molar-refractivity contribution in [2.75, 3.05) is 26.2 Å². The molecule has 0 unspecified atom stereocenters. The van der Waals surface area contributed by atoms with Gasteiger partial charge < -0.3 is 47.3 Å². The lowest BCUT2D eigenvalue weighted by Crippen LogP contribution is -2.67. The standard InChI is InChI=1S/C54H75F3N10O9S/c1-32-33(2)44(34(3)37-31-52(4,5)76-43(32)37)77(74,75)65-51(59)61-26-13-20-39-48(71)66-27-14-21-41(66)46(69)60-25-11-9-7-6-8-10-19-38(58)45(68)62-40(30-35-17-12-18-36(29-35)54(55,56)57)49(72)67-28-15-22-42(67)47(70)64-53(23-16-24-53)50(73)63-39/h6-7,12,17-18,29,38-42H,8-11,13-16,19-28,30-31,58H2,1-5H3,(H,60,69)(H,62,68)(H,63,73)(H,64,70)(H3,59,61,65)/b7-6+/t38-,39-,40-,41-,42-/m0/s1. The minimum Gasteiger partial charge on any atom is -0.487 e. The number of nitrogens with zero attached hydrogens (tertiary/aromatic N) is 3. The van der Waals surface area contributed by atoms with Crippen molar-refractivity contribution in [1.82, 2.24) is 35.8 Å². The fourth-order valence-electron chi connectivity index (χ4n) is 11.1. The minimum absolute atomic E-state index is 0.0130. The van der Waals surface area contributed by atoms with E-state index in [1.54, 1.807) is 13.8 Å². The molecule has 4 aliphatic heterocycles. The number of guanidine groups is 1. The maximum absolute atomic E-state index is 14.6. The molecule has 3 fully saturated rings. The Labute approximate surface area is 448 Å². The van der Waals surface area contributed by atoms with Crippen LogP contribution >= 0.6 is 0 Å². The number of rotatable bonds is 8. The number of sulfonamides is 1. The second-order valence-electron chi connectivity index (χ2n) is 21.8. The number of amides is 6. The van der Waals surface area contributed by atoms with Gasteiger partial charge in [-0.15, -0.1) is 0 Å². The topological polar surface area (TPSA) is 277 Å². The highest BCUT2D eigenvalue weighted by atomic mass is 32.2. The number of alkyl halides is 3. The Bertz CT molecular complexity index is 2760. The van der Waals surface area contributed by atoms with Gasteiger partial charge in [0.05, 0.1) is 16.5 Å². The van der Waals surface area contributed by atoms with Crippen LogP contribution < -0.4 is 42.2 Å². The summed E-state index contributed by atoms with van der Waals surface area (Å²) in [6.07, 6.45) is 4.46. The van der Waals surface area contributed by atoms with Crippen LogP contribution in [0.1, 0.15) is 137 Å². The molecule has 9 N–H and O–H groups in total. The van der Waals surface area contributed by atoms with E-state index in [2.05, 4.69) is 31.0 Å². The Morgan fingerprint density at radius 1 is 0.831 bits per heavy atom. The van der Waals surface area contributed by atoms with Crippen LogP contribution in [0.2, 0.25) is 0 Å². The van der Waals surface area contributed by atoms with Crippen molar-refractivity contribution < 1.29 is 55.1 Å². The van der Waals surface area contributed by atoms with Crippen LogP contribution in [0.25, 0.3) is 0 Å². The van der Waals surface area contributed by atoms with E-state index in [4.69, 9.17) is 16.2 Å². The van der Waals surface area contributed by atoms with Gasteiger partial charge in [0.1, 0.15) is 41.1 Å². The Morgan fingerprint density at radius 3 is 2.13 bits per heavy atom. The van der Waals surface area contributed by atoms with Crippen LogP contribution in [-0.4, -0.2) is 127 Å². The SMILES string of the molecule is Cc1c(C)c(S(=O)(=O)NC(N)=NCCC[C@@H]2NC(=O)C3(CCC3)NC(=O)[C@@H]3CCCN3C(=O)[C@H](Cc3cccc(C(F)(F)F)c3)NC(=O)[C@@H](N)CCC/C=C/CCCNC(=O)[C@@H]3CCCN3C2=O)c(C)c2c1OC(C)(C)C2. The molecule has 5 aliphatic rings. The highest BCUT2D eigenvalue weighted by molar-refractivity contribution is 7.90. The predicted octanol–water partition coefficient (Wildman–Crippen LogP) is 3.91. The maximum Gasteiger partial charge on any atom is 0.416 e. The molecule has 2 aromatic rings. The van der Waals surface area contributed by atoms with E-state index < -0.39 is 92.6 Å². The highest BCUT2D eigenvalue weighted by Crippen LogP contribution is 2.44. The number of benzene rings is 2. The van der Waals surface area contributed by atoms with E-state index in [9.17, 15) is 50.4 Å². The van der Waals surface area contributed by atoms with Crippen LogP contribution in [-0.2, 0) is 57.8 Å². The van der Waals surface area contributed by atoms with Gasteiger partial charge in [0.2, 0.25) is 41.4 Å². The van der Waals surface area contributed by atoms with Crippen molar-refractivity contribution in [3.05, 3.63) is 69.8 Å². The van der Waals surface area contributed by atoms with Crippen LogP contribution in [0.5, 0.6) is 5.75 Å². The molecule has 19 nitrogen and oxygen atoms in total. The fraction of sp³-hybridized carbons (Fsp3) is 0.611. The molecule has 7 rings (SSSR count). The summed E-state index contributed by atoms with van der Waals surface area (Å²) in [6, 6.07) is -1.14. The van der Waals surface area contributed by atoms with Crippen molar-refractivity contribution in [2.45, 2.75) is 190 Å². The normalized spacial score (nSPS) is 25.6. The van der Waals surface area contributed by atoms with Crippen molar-refractivity contribution in [3.8, 4) is 5.75 Å². The fourth-order valence-corrected chi connectivity index (χ4v) is 12.7. The van der Waals surface area contributed by atoms with Crippen molar-refractivity contribution >= 4 is 51.4 Å². The first-order valence-electron chi connectivity index (χ1n) is 26.9. The zero-order chi connectivity index (χ0) is 56.0. The van der Waals surface area contributed by atoms with Gasteiger partial charge >= 0.3 is 6.18 Å². The maximum atomic E-state index is 14.6. The number of nitrogens with one attached hydrogen (secondary N) is 5. The third kappa shape index (κ3) is 13.7. The van der Waals surface area contributed by atoms with Crippen LogP contribution in [0, 0.1) is 20.8 Å². The van der Waals surface area contributed by atoms with E-state index in [-0.39, 0.29) is 86.9 Å². The van der Waals surface area contributed by atoms with Crippen LogP contribution in [0.3, 0.4) is 0 Å². The number of hydrogen-bond acceptors (Lipinski definition) is 11. The number of carbonyl (C=O) groups excluding carboxylic acids is 6. The lowest BCUT2D eigenvalue weighted by atomic mass is 9.75. The Kier molecular flexibility index (Phi) is 18.4. The van der Waals surface area contributed by atoms with E-state index >= 15 is 0 Å². The second kappa shape index (κ2) is 24.2. The summed E-state index contributed by atoms with van der Waals surface area (Å²) in [5.74, 6) is -3.28. The van der Waals surface area contributed by atoms with Gasteiger partial charge in [-0.25, -0.2) is 13.1 Å². The zero-order valence-corrected chi connectivity index (χ0v) is 45.5. The largest absolute Gasteiger partial charge is 0.487 e. The smallest absolute Gasteiger partial charge is 0.416 e. The predicted molar refractivity (Wildman–Crippen MR) is 282 cm³/mol. The zero-order valence-electron chi connectivity index (χ0n) is 44.7. The number of aliphatic imine (C=N–C) groups is 1. The first-order valence-corrected chi connectivity index (χ1v) is 28.3. The molecular formula is C54H75F3N10O9S. The van der Waals surface area contributed by atoms with E-state index in [1.165, 1.54) is 21.9 Å². The van der Waals surface area contributed by atoms with Gasteiger partial charge in [0, 0.05) is 44.6 Å². The van der Waals surface area contributed by atoms with Gasteiger partial charge in [-0.3, -0.25) is 33.8 Å². The lowest BCUT2D eigenvalue weighted by Gasteiger charge is -2.43. The minimum atomic E-state index is -4.67. The molecule has 23 heteroatoms. The van der Waals surface area contributed by atoms with Crippen molar-refractivity contribution in [1.29, 1.82) is 0 Å². The van der Waals surface area contributed by atoms with Crippen molar-refractivity contribution in [2.24, 2.45) is 16.5 Å². The number of ether oxygens (including phenoxy) is 1. The van der Waals surface area contributed by atoms with E-state index in [1.807, 2.05) is 32.9 Å². The Morgan fingerprint density at radius 2 is 1.48 bits per heavy atom. The monoisotopic (exact) mass is 1100 g/mol. The molecule has 1 aliphatic carbocycles. The van der Waals surface area contributed by atoms with Crippen LogP contribution in [0.15, 0.2) is 46.3 Å². The summed E-state index contributed by atoms with van der Waals surface area (Å²) in [5, 5.41) is 11.4. The summed E-state index contributed by atoms with van der Waals surface area (Å²) in [6.45, 7) is 9.71. The lowest BCUT2D eigenvalue weighted by molar-refractivity contribution is -0.146. The van der Waals surface area contributed by atoms with Crippen LogP contribution in [0.4, 0.5) is 13.2 Å². The van der Waals surface area contributed by atoms with E-state index in [0.717, 1.165) is 17.7 Å². The Hall–Kier alpha value is -6.23. The molecule has 6 amide bonds. The molecule has 5 atom stereocenters. The average Bonchev–Trinajstić information content (AvgIpc) is 4.21. The molecule has 77 heavy (non-hydrogen) atoms. The number of nitrogens with two attached hydrogens (primary N) is 2. The molecular weight excluding hydrogens is 1020 g/mol. The molecule has 1 spiro atoms. The molecule has 0 aromatic heterocycles. The number of carbonyl (C=O) groups is 6. The van der Waals surface area contributed by atoms with Gasteiger partial charge in [0.15, 0.2) is 0 Å². The summed E-state index contributed by atoms with van der Waals surface area (Å²) < 4.78 is 77.7. The molecule has 2 aromatic carbocycles. The number of halogens is 3. The third-order valence-corrected chi connectivity index (χ3v) is 17.2. The number of allylic oxidation sites excluding steroid dienone is 2. The quantitative estimate of drug-likeness (QED) is 0.0862. The summed E-state index contributed by atoms with van der Waals surface area (Å²) >= 11 is 0. The number of hydrogen-bond donors (Lipinski definition) is 7. The summed E-state index contributed by atoms with van der Waals surface area (Å²) in [5.41, 5.74) is 12.2. The summed E-state index contributed by atoms with van der Waals surface area (Å²) in [4.78, 5) is 92.5. The Balaban J connectivity index is 1.11. The summed E-state index contributed by atoms with van der Waals surface area (Å²) in [7, 11) is -4.22. The van der Waals surface area contributed by atoms with Gasteiger partial charge in [0.25, 0.3) is 10.0 Å². The molecule has 0 radical (unpaired) electrons. The number of fused-ring (bicyclic) bond motifs is 3. The van der Waals surface area contributed by atoms with Gasteiger partial charge in [-0.05, 0) is 153 Å². The molecule has 4 heterocycles. The first-order chi connectivity index (χ1) is 36.3. The molecule has 422 valence electrons. The molecule has 1 saturated carbocycles. The highest BCUT2D eigenvalue weighted by Gasteiger charge is 2.50. The van der Waals surface area contributed by atoms with E-state index in [0.29, 0.717) is 86.8 Å². The second-order valence-corrected chi connectivity index (χ2v) is 23.4. The average molecular weight is 1100 g/mol. The van der Waals surface area contributed by atoms with Gasteiger partial charge in [-0.1, -0.05) is 30.4 Å². The first kappa shape index (κ1) is 58.5. The molecule has 2 saturated heterocycles.